The first-order chi connectivity index (χ1) is 15.8. The first-order valence-electron chi connectivity index (χ1n) is 11.1. The van der Waals surface area contributed by atoms with Gasteiger partial charge in [0.05, 0.1) is 26.4 Å². The molecule has 0 bridgehead atoms. The molecule has 0 radical (unpaired) electrons. The number of para-hydroxylation sites is 2. The lowest BCUT2D eigenvalue weighted by Crippen LogP contribution is -2.41. The fraction of sp³-hybridized carbons (Fsp3) is 0.458. The van der Waals surface area contributed by atoms with Crippen molar-refractivity contribution in [2.75, 3.05) is 25.5 Å². The Hall–Kier alpha value is -1.51. The van der Waals surface area contributed by atoms with Crippen LogP contribution in [0.2, 0.25) is 10.0 Å². The molecule has 1 unspecified atom stereocenters. The third-order valence-corrected chi connectivity index (χ3v) is 7.84. The highest BCUT2D eigenvalue weighted by Crippen LogP contribution is 2.41. The van der Waals surface area contributed by atoms with Crippen molar-refractivity contribution in [1.82, 2.24) is 4.90 Å². The number of carboxylic acid groups (broad SMARTS) is 1. The van der Waals surface area contributed by atoms with Gasteiger partial charge in [-0.2, -0.15) is 0 Å². The molecule has 2 aromatic carbocycles. The van der Waals surface area contributed by atoms with Crippen LogP contribution < -0.4 is 5.32 Å². The van der Waals surface area contributed by atoms with Crippen LogP contribution in [0.3, 0.4) is 0 Å². The summed E-state index contributed by atoms with van der Waals surface area (Å²) in [5.74, 6) is -1.60. The van der Waals surface area contributed by atoms with Gasteiger partial charge < -0.3 is 15.3 Å². The second-order valence-corrected chi connectivity index (χ2v) is 10.6. The molecule has 1 saturated carbocycles. The van der Waals surface area contributed by atoms with Crippen LogP contribution >= 0.6 is 47.6 Å². The number of nitroso groups, excluding NO2 is 1. The summed E-state index contributed by atoms with van der Waals surface area (Å²) < 4.78 is 2.96. The van der Waals surface area contributed by atoms with Crippen molar-refractivity contribution in [2.45, 2.75) is 49.2 Å². The molecule has 0 spiro atoms. The summed E-state index contributed by atoms with van der Waals surface area (Å²) in [4.78, 5) is 25.4. The van der Waals surface area contributed by atoms with Crippen molar-refractivity contribution < 1.29 is 9.90 Å². The Balaban J connectivity index is 0.00000408. The Bertz CT molecular complexity index is 953. The zero-order chi connectivity index (χ0) is 23.8. The number of nitrogens with zero attached hydrogens (tertiary/aromatic N) is 2. The number of carbonyl (C=O) groups is 1. The molecule has 0 aromatic heterocycles. The van der Waals surface area contributed by atoms with Gasteiger partial charge in [0.1, 0.15) is 0 Å². The van der Waals surface area contributed by atoms with Crippen LogP contribution in [0.15, 0.2) is 47.0 Å². The fourth-order valence-corrected chi connectivity index (χ4v) is 5.95. The van der Waals surface area contributed by atoms with Crippen LogP contribution in [0.1, 0.15) is 50.0 Å². The zero-order valence-corrected chi connectivity index (χ0v) is 22.2. The minimum absolute atomic E-state index is 0. The first kappa shape index (κ1) is 28.7. The normalized spacial score (nSPS) is 15.9. The van der Waals surface area contributed by atoms with Gasteiger partial charge in [0.15, 0.2) is 0 Å². The molecule has 6 nitrogen and oxygen atoms in total. The van der Waals surface area contributed by atoms with E-state index >= 15 is 0 Å². The maximum Gasteiger partial charge on any atom is 0.311 e. The minimum atomic E-state index is -0.890. The topological polar surface area (TPSA) is 82.0 Å². The Morgan fingerprint density at radius 2 is 1.79 bits per heavy atom. The van der Waals surface area contributed by atoms with E-state index in [1.807, 2.05) is 31.3 Å². The van der Waals surface area contributed by atoms with Gasteiger partial charge in [0.25, 0.3) is 0 Å². The van der Waals surface area contributed by atoms with Gasteiger partial charge in [-0.1, -0.05) is 66.7 Å². The third-order valence-electron chi connectivity index (χ3n) is 6.21. The quantitative estimate of drug-likeness (QED) is 0.221. The van der Waals surface area contributed by atoms with E-state index in [4.69, 9.17) is 23.2 Å². The number of nitrogens with one attached hydrogen (secondary N) is 1. The van der Waals surface area contributed by atoms with Crippen molar-refractivity contribution in [3.05, 3.63) is 63.0 Å². The monoisotopic (exact) mass is 545 g/mol. The molecule has 186 valence electrons. The Kier molecular flexibility index (Phi) is 11.4. The molecule has 1 fully saturated rings. The van der Waals surface area contributed by atoms with Crippen LogP contribution in [-0.2, 0) is 4.79 Å². The molecular weight excluding hydrogens is 517 g/mol. The SMILES string of the molecule is CN(CCC(C(=O)O)c1ccccc1Nc1c(Cl)cccc1Cl)CC1(SN=O)CCCCC1.Cl. The maximum absolute atomic E-state index is 12.2. The summed E-state index contributed by atoms with van der Waals surface area (Å²) in [6, 6.07) is 12.5. The average Bonchev–Trinajstić information content (AvgIpc) is 2.78. The molecule has 0 amide bonds. The van der Waals surface area contributed by atoms with Gasteiger partial charge in [-0.3, -0.25) is 4.79 Å². The third kappa shape index (κ3) is 7.49. The number of hydrogen-bond donors (Lipinski definition) is 2. The number of hydrogen-bond acceptors (Lipinski definition) is 6. The van der Waals surface area contributed by atoms with Crippen LogP contribution in [0.5, 0.6) is 0 Å². The Labute approximate surface area is 221 Å². The van der Waals surface area contributed by atoms with E-state index < -0.39 is 11.9 Å². The summed E-state index contributed by atoms with van der Waals surface area (Å²) in [5.41, 5.74) is 1.88. The largest absolute Gasteiger partial charge is 0.481 e. The summed E-state index contributed by atoms with van der Waals surface area (Å²) >= 11 is 13.8. The Morgan fingerprint density at radius 1 is 1.15 bits per heavy atom. The van der Waals surface area contributed by atoms with E-state index in [2.05, 4.69) is 14.8 Å². The standard InChI is InChI=1S/C24H29Cl2N3O3S.ClH/c1-29(16-24(33-28-32)13-5-2-6-14-24)15-12-18(23(30)31)17-8-3-4-11-21(17)27-22-19(25)9-7-10-20(22)26;/h3-4,7-11,18,27H,2,5-6,12-16H2,1H3,(H,30,31);1H. The highest BCUT2D eigenvalue weighted by molar-refractivity contribution is 7.99. The highest BCUT2D eigenvalue weighted by atomic mass is 35.5. The smallest absolute Gasteiger partial charge is 0.311 e. The lowest BCUT2D eigenvalue weighted by Gasteiger charge is -2.37. The Morgan fingerprint density at radius 3 is 2.41 bits per heavy atom. The molecule has 1 aliphatic rings. The molecule has 10 heteroatoms. The fourth-order valence-electron chi connectivity index (χ4n) is 4.55. The predicted molar refractivity (Wildman–Crippen MR) is 145 cm³/mol. The number of rotatable bonds is 11. The van der Waals surface area contributed by atoms with Crippen molar-refractivity contribution in [3.8, 4) is 0 Å². The van der Waals surface area contributed by atoms with Crippen LogP contribution in [0.4, 0.5) is 11.4 Å². The minimum Gasteiger partial charge on any atom is -0.481 e. The summed E-state index contributed by atoms with van der Waals surface area (Å²) in [6.45, 7) is 1.30. The number of carboxylic acids is 1. The van der Waals surface area contributed by atoms with Gasteiger partial charge >= 0.3 is 5.97 Å². The average molecular weight is 547 g/mol. The van der Waals surface area contributed by atoms with E-state index in [1.54, 1.807) is 18.2 Å². The van der Waals surface area contributed by atoms with Gasteiger partial charge in [0, 0.05) is 28.8 Å². The van der Waals surface area contributed by atoms with Gasteiger partial charge in [0.2, 0.25) is 0 Å². The van der Waals surface area contributed by atoms with Gasteiger partial charge in [-0.05, 0) is 56.6 Å². The molecular formula is C24H30Cl3N3O3S. The van der Waals surface area contributed by atoms with Gasteiger partial charge in [-0.15, -0.1) is 17.3 Å². The highest BCUT2D eigenvalue weighted by Gasteiger charge is 2.35. The number of anilines is 2. The summed E-state index contributed by atoms with van der Waals surface area (Å²) in [5, 5.41) is 14.2. The van der Waals surface area contributed by atoms with Gasteiger partial charge in [-0.25, -0.2) is 0 Å². The molecule has 3 rings (SSSR count). The second kappa shape index (κ2) is 13.5. The molecule has 0 aliphatic heterocycles. The van der Waals surface area contributed by atoms with E-state index in [9.17, 15) is 14.8 Å². The molecule has 2 N–H and O–H groups in total. The van der Waals surface area contributed by atoms with Crippen LogP contribution in [0, 0.1) is 4.91 Å². The van der Waals surface area contributed by atoms with Crippen molar-refractivity contribution in [2.24, 2.45) is 4.58 Å². The number of benzene rings is 2. The van der Waals surface area contributed by atoms with E-state index in [1.165, 1.54) is 6.42 Å². The predicted octanol–water partition coefficient (Wildman–Crippen LogP) is 7.77. The van der Waals surface area contributed by atoms with E-state index in [0.29, 0.717) is 46.5 Å². The van der Waals surface area contributed by atoms with Crippen molar-refractivity contribution in [3.63, 3.8) is 0 Å². The van der Waals surface area contributed by atoms with E-state index in [0.717, 1.165) is 37.6 Å². The molecule has 1 atom stereocenters. The number of halogens is 3. The van der Waals surface area contributed by atoms with E-state index in [-0.39, 0.29) is 17.2 Å². The lowest BCUT2D eigenvalue weighted by atomic mass is 9.87. The molecule has 34 heavy (non-hydrogen) atoms. The summed E-state index contributed by atoms with van der Waals surface area (Å²) in [6.07, 6.45) is 5.72. The molecule has 1 aliphatic carbocycles. The molecule has 0 saturated heterocycles. The lowest BCUT2D eigenvalue weighted by molar-refractivity contribution is -0.139. The second-order valence-electron chi connectivity index (χ2n) is 8.64. The summed E-state index contributed by atoms with van der Waals surface area (Å²) in [7, 11) is 1.98. The van der Waals surface area contributed by atoms with Crippen molar-refractivity contribution in [1.29, 1.82) is 0 Å². The van der Waals surface area contributed by atoms with Crippen molar-refractivity contribution >= 4 is 64.9 Å². The number of aliphatic carboxylic acids is 1. The van der Waals surface area contributed by atoms with Crippen LogP contribution in [-0.4, -0.2) is 40.9 Å². The maximum atomic E-state index is 12.2. The van der Waals surface area contributed by atoms with Crippen LogP contribution in [0.25, 0.3) is 0 Å². The zero-order valence-electron chi connectivity index (χ0n) is 19.0. The first-order valence-corrected chi connectivity index (χ1v) is 12.6. The molecule has 2 aromatic rings. The molecule has 0 heterocycles.